The van der Waals surface area contributed by atoms with Crippen LogP contribution >= 0.6 is 0 Å². The van der Waals surface area contributed by atoms with Crippen molar-refractivity contribution in [3.05, 3.63) is 23.9 Å². The minimum Gasteiger partial charge on any atom is -0.481 e. The molecular weight excluding hydrogens is 258 g/mol. The van der Waals surface area contributed by atoms with Gasteiger partial charge in [-0.3, -0.25) is 9.59 Å². The first-order valence-electron chi connectivity index (χ1n) is 6.56. The molecule has 0 saturated heterocycles. The van der Waals surface area contributed by atoms with E-state index >= 15 is 0 Å². The molecule has 1 unspecified atom stereocenters. The van der Waals surface area contributed by atoms with Crippen LogP contribution in [0.5, 0.6) is 0 Å². The lowest BCUT2D eigenvalue weighted by molar-refractivity contribution is -0.141. The van der Waals surface area contributed by atoms with Gasteiger partial charge >= 0.3 is 5.97 Å². The van der Waals surface area contributed by atoms with Gasteiger partial charge in [0.05, 0.1) is 11.5 Å². The van der Waals surface area contributed by atoms with Crippen LogP contribution in [0.25, 0.3) is 0 Å². The zero-order chi connectivity index (χ0) is 15.1. The van der Waals surface area contributed by atoms with E-state index in [-0.39, 0.29) is 11.8 Å². The van der Waals surface area contributed by atoms with Crippen molar-refractivity contribution in [3.63, 3.8) is 0 Å². The summed E-state index contributed by atoms with van der Waals surface area (Å²) in [7, 11) is 3.76. The summed E-state index contributed by atoms with van der Waals surface area (Å²) in [5.41, 5.74) is 0.502. The van der Waals surface area contributed by atoms with Crippen LogP contribution in [-0.4, -0.2) is 42.6 Å². The number of aliphatic carboxylic acids is 1. The Labute approximate surface area is 118 Å². The fourth-order valence-corrected chi connectivity index (χ4v) is 1.62. The second kappa shape index (κ2) is 7.47. The van der Waals surface area contributed by atoms with Crippen LogP contribution in [0.2, 0.25) is 0 Å². The number of nitrogens with one attached hydrogen (secondary N) is 1. The summed E-state index contributed by atoms with van der Waals surface area (Å²) in [6, 6.07) is 3.50. The predicted octanol–water partition coefficient (Wildman–Crippen LogP) is 1.38. The van der Waals surface area contributed by atoms with Gasteiger partial charge in [0, 0.05) is 26.8 Å². The number of hydrogen-bond acceptors (Lipinski definition) is 4. The molecule has 110 valence electrons. The van der Waals surface area contributed by atoms with E-state index in [0.29, 0.717) is 24.9 Å². The molecule has 1 aromatic heterocycles. The maximum atomic E-state index is 11.8. The van der Waals surface area contributed by atoms with Gasteiger partial charge in [0.1, 0.15) is 5.82 Å². The van der Waals surface area contributed by atoms with Gasteiger partial charge in [0.15, 0.2) is 0 Å². The molecule has 0 radical (unpaired) electrons. The third-order valence-electron chi connectivity index (χ3n) is 2.99. The van der Waals surface area contributed by atoms with Crippen LogP contribution < -0.4 is 10.2 Å². The molecule has 1 atom stereocenters. The highest BCUT2D eigenvalue weighted by Gasteiger charge is 2.11. The van der Waals surface area contributed by atoms with Crippen LogP contribution in [0.15, 0.2) is 18.3 Å². The van der Waals surface area contributed by atoms with Gasteiger partial charge in [-0.1, -0.05) is 6.92 Å². The van der Waals surface area contributed by atoms with Crippen molar-refractivity contribution >= 4 is 17.7 Å². The van der Waals surface area contributed by atoms with Gasteiger partial charge in [-0.2, -0.15) is 0 Å². The number of carbonyl (C=O) groups is 2. The van der Waals surface area contributed by atoms with Crippen molar-refractivity contribution < 1.29 is 14.7 Å². The first-order valence-corrected chi connectivity index (χ1v) is 6.56. The first-order chi connectivity index (χ1) is 9.41. The normalized spacial score (nSPS) is 11.8. The Morgan fingerprint density at radius 2 is 2.10 bits per heavy atom. The Morgan fingerprint density at radius 1 is 1.40 bits per heavy atom. The number of carboxylic acid groups (broad SMARTS) is 1. The van der Waals surface area contributed by atoms with Crippen LogP contribution in [0, 0.1) is 5.92 Å². The molecular formula is C14H21N3O3. The van der Waals surface area contributed by atoms with Crippen molar-refractivity contribution in [2.24, 2.45) is 5.92 Å². The maximum absolute atomic E-state index is 11.8. The number of aromatic nitrogens is 1. The quantitative estimate of drug-likeness (QED) is 0.737. The second-order valence-corrected chi connectivity index (χ2v) is 4.94. The highest BCUT2D eigenvalue weighted by atomic mass is 16.4. The maximum Gasteiger partial charge on any atom is 0.306 e. The van der Waals surface area contributed by atoms with E-state index < -0.39 is 5.97 Å². The van der Waals surface area contributed by atoms with Gasteiger partial charge in [-0.05, 0) is 25.0 Å². The first kappa shape index (κ1) is 15.9. The number of hydrogen-bond donors (Lipinski definition) is 2. The van der Waals surface area contributed by atoms with Crippen LogP contribution in [0.1, 0.15) is 30.1 Å². The molecule has 0 aliphatic heterocycles. The van der Waals surface area contributed by atoms with Crippen molar-refractivity contribution in [1.82, 2.24) is 10.3 Å². The molecule has 0 aliphatic rings. The molecule has 0 saturated carbocycles. The summed E-state index contributed by atoms with van der Waals surface area (Å²) < 4.78 is 0. The van der Waals surface area contributed by atoms with E-state index in [9.17, 15) is 9.59 Å². The predicted molar refractivity (Wildman–Crippen MR) is 76.9 cm³/mol. The zero-order valence-electron chi connectivity index (χ0n) is 12.1. The third kappa shape index (κ3) is 4.87. The summed E-state index contributed by atoms with van der Waals surface area (Å²) in [6.07, 6.45) is 2.72. The molecule has 0 spiro atoms. The summed E-state index contributed by atoms with van der Waals surface area (Å²) in [5, 5.41) is 11.5. The number of rotatable bonds is 7. The monoisotopic (exact) mass is 279 g/mol. The van der Waals surface area contributed by atoms with Gasteiger partial charge in [0.25, 0.3) is 5.91 Å². The zero-order valence-corrected chi connectivity index (χ0v) is 12.1. The molecule has 0 fully saturated rings. The lowest BCUT2D eigenvalue weighted by atomic mass is 10.1. The lowest BCUT2D eigenvalue weighted by Gasteiger charge is -2.11. The number of carboxylic acids is 1. The number of nitrogens with zero attached hydrogens (tertiary/aromatic N) is 2. The molecule has 0 aliphatic carbocycles. The molecule has 1 aromatic rings. The molecule has 1 amide bonds. The Balaban J connectivity index is 2.37. The number of pyridine rings is 1. The standard InChI is InChI=1S/C14H21N3O3/c1-10(14(19)20)5-4-8-15-13(18)11-6-7-12(16-9-11)17(2)3/h6-7,9-10H,4-5,8H2,1-3H3,(H,15,18)(H,19,20). The molecule has 6 nitrogen and oxygen atoms in total. The van der Waals surface area contributed by atoms with Crippen molar-refractivity contribution in [2.75, 3.05) is 25.5 Å². The van der Waals surface area contributed by atoms with Crippen LogP contribution in [0.3, 0.4) is 0 Å². The largest absolute Gasteiger partial charge is 0.481 e. The Bertz CT molecular complexity index is 457. The topological polar surface area (TPSA) is 82.5 Å². The summed E-state index contributed by atoms with van der Waals surface area (Å²) in [4.78, 5) is 28.5. The smallest absolute Gasteiger partial charge is 0.306 e. The van der Waals surface area contributed by atoms with Gasteiger partial charge in [-0.25, -0.2) is 4.98 Å². The summed E-state index contributed by atoms with van der Waals surface area (Å²) in [5.74, 6) is -0.588. The van der Waals surface area contributed by atoms with Crippen molar-refractivity contribution in [3.8, 4) is 0 Å². The third-order valence-corrected chi connectivity index (χ3v) is 2.99. The van der Waals surface area contributed by atoms with E-state index in [1.165, 1.54) is 6.20 Å². The molecule has 0 bridgehead atoms. The van der Waals surface area contributed by atoms with Crippen LogP contribution in [-0.2, 0) is 4.79 Å². The number of carbonyl (C=O) groups excluding carboxylic acids is 1. The summed E-state index contributed by atoms with van der Waals surface area (Å²) in [6.45, 7) is 2.12. The molecule has 20 heavy (non-hydrogen) atoms. The Morgan fingerprint density at radius 3 is 2.60 bits per heavy atom. The SMILES string of the molecule is CC(CCCNC(=O)c1ccc(N(C)C)nc1)C(=O)O. The van der Waals surface area contributed by atoms with Crippen molar-refractivity contribution in [2.45, 2.75) is 19.8 Å². The van der Waals surface area contributed by atoms with E-state index in [1.54, 1.807) is 19.1 Å². The number of anilines is 1. The van der Waals surface area contributed by atoms with E-state index in [2.05, 4.69) is 10.3 Å². The fourth-order valence-electron chi connectivity index (χ4n) is 1.62. The van der Waals surface area contributed by atoms with Gasteiger partial charge in [0.2, 0.25) is 0 Å². The molecule has 6 heteroatoms. The highest BCUT2D eigenvalue weighted by molar-refractivity contribution is 5.94. The van der Waals surface area contributed by atoms with Gasteiger partial charge < -0.3 is 15.3 Å². The van der Waals surface area contributed by atoms with Gasteiger partial charge in [-0.15, -0.1) is 0 Å². The van der Waals surface area contributed by atoms with Crippen molar-refractivity contribution in [1.29, 1.82) is 0 Å². The lowest BCUT2D eigenvalue weighted by Crippen LogP contribution is -2.25. The fraction of sp³-hybridized carbons (Fsp3) is 0.500. The average Bonchev–Trinajstić information content (AvgIpc) is 2.43. The molecule has 2 N–H and O–H groups in total. The van der Waals surface area contributed by atoms with E-state index in [4.69, 9.17) is 5.11 Å². The number of amides is 1. The summed E-state index contributed by atoms with van der Waals surface area (Å²) >= 11 is 0. The Kier molecular flexibility index (Phi) is 5.96. The molecule has 1 heterocycles. The van der Waals surface area contributed by atoms with E-state index in [0.717, 1.165) is 5.82 Å². The van der Waals surface area contributed by atoms with E-state index in [1.807, 2.05) is 19.0 Å². The minimum atomic E-state index is -0.806. The minimum absolute atomic E-state index is 0.189. The van der Waals surface area contributed by atoms with Crippen LogP contribution in [0.4, 0.5) is 5.82 Å². The molecule has 1 rings (SSSR count). The average molecular weight is 279 g/mol. The Hall–Kier alpha value is -2.11. The molecule has 0 aromatic carbocycles. The second-order valence-electron chi connectivity index (χ2n) is 4.94. The highest BCUT2D eigenvalue weighted by Crippen LogP contribution is 2.08.